The van der Waals surface area contributed by atoms with Gasteiger partial charge in [0.25, 0.3) is 0 Å². The molecule has 0 bridgehead atoms. The molecule has 0 aromatic heterocycles. The predicted molar refractivity (Wildman–Crippen MR) is 59.2 cm³/mol. The van der Waals surface area contributed by atoms with Crippen molar-refractivity contribution in [2.45, 2.75) is 45.2 Å². The lowest BCUT2D eigenvalue weighted by atomic mass is 9.99. The van der Waals surface area contributed by atoms with E-state index < -0.39 is 30.2 Å². The third kappa shape index (κ3) is 5.55. The predicted octanol–water partition coefficient (Wildman–Crippen LogP) is 0.310. The summed E-state index contributed by atoms with van der Waals surface area (Å²) >= 11 is 0. The Balaban J connectivity index is 4.21. The van der Waals surface area contributed by atoms with Crippen molar-refractivity contribution in [1.29, 1.82) is 0 Å². The number of urea groups is 1. The third-order valence-corrected chi connectivity index (χ3v) is 2.11. The molecule has 4 N–H and O–H groups in total. The Morgan fingerprint density at radius 3 is 2.31 bits per heavy atom. The summed E-state index contributed by atoms with van der Waals surface area (Å²) in [6.45, 7) is 5.07. The van der Waals surface area contributed by atoms with E-state index in [1.807, 2.05) is 20.8 Å². The van der Waals surface area contributed by atoms with Crippen LogP contribution in [0.2, 0.25) is 0 Å². The van der Waals surface area contributed by atoms with Gasteiger partial charge in [0.05, 0.1) is 6.61 Å². The molecule has 94 valence electrons. The van der Waals surface area contributed by atoms with Gasteiger partial charge in [0.15, 0.2) is 6.04 Å². The molecule has 0 spiro atoms. The van der Waals surface area contributed by atoms with Crippen LogP contribution in [0.15, 0.2) is 0 Å². The first-order chi connectivity index (χ1) is 7.32. The molecule has 0 aliphatic rings. The Hall–Kier alpha value is -1.30. The van der Waals surface area contributed by atoms with Crippen LogP contribution in [0.1, 0.15) is 33.6 Å². The first-order valence-electron chi connectivity index (χ1n) is 5.24. The fourth-order valence-corrected chi connectivity index (χ4v) is 1.37. The zero-order valence-electron chi connectivity index (χ0n) is 9.91. The van der Waals surface area contributed by atoms with Crippen LogP contribution >= 0.6 is 0 Å². The molecule has 0 aliphatic carbocycles. The minimum atomic E-state index is -1.27. The number of carbonyl (C=O) groups is 2. The number of hydrogen-bond donors (Lipinski definition) is 4. The molecule has 0 radical (unpaired) electrons. The van der Waals surface area contributed by atoms with Gasteiger partial charge in [-0.1, -0.05) is 13.3 Å². The van der Waals surface area contributed by atoms with Gasteiger partial charge in [-0.3, -0.25) is 0 Å². The second kappa shape index (κ2) is 6.32. The molecule has 0 rings (SSSR count). The molecule has 6 nitrogen and oxygen atoms in total. The Kier molecular flexibility index (Phi) is 5.81. The summed E-state index contributed by atoms with van der Waals surface area (Å²) in [7, 11) is 0. The minimum Gasteiger partial charge on any atom is -0.480 e. The lowest BCUT2D eigenvalue weighted by molar-refractivity contribution is -0.140. The summed E-state index contributed by atoms with van der Waals surface area (Å²) in [5, 5.41) is 22.2. The minimum absolute atomic E-state index is 0.392. The summed E-state index contributed by atoms with van der Waals surface area (Å²) in [4.78, 5) is 22.0. The van der Waals surface area contributed by atoms with Crippen LogP contribution in [-0.4, -0.2) is 40.4 Å². The van der Waals surface area contributed by atoms with E-state index in [1.165, 1.54) is 0 Å². The molecular weight excluding hydrogens is 212 g/mol. The average molecular weight is 232 g/mol. The normalized spacial score (nSPS) is 13.0. The number of carboxylic acid groups (broad SMARTS) is 1. The number of carboxylic acids is 1. The van der Waals surface area contributed by atoms with Gasteiger partial charge in [-0.15, -0.1) is 0 Å². The van der Waals surface area contributed by atoms with Crippen molar-refractivity contribution < 1.29 is 19.8 Å². The van der Waals surface area contributed by atoms with E-state index >= 15 is 0 Å². The zero-order chi connectivity index (χ0) is 12.8. The Labute approximate surface area is 95.0 Å². The maximum Gasteiger partial charge on any atom is 0.328 e. The molecule has 6 heteroatoms. The number of nitrogens with one attached hydrogen (secondary N) is 2. The average Bonchev–Trinajstić information content (AvgIpc) is 2.12. The highest BCUT2D eigenvalue weighted by molar-refractivity contribution is 5.82. The zero-order valence-corrected chi connectivity index (χ0v) is 9.91. The van der Waals surface area contributed by atoms with Crippen molar-refractivity contribution in [3.8, 4) is 0 Å². The molecule has 0 aromatic rings. The molecule has 0 fully saturated rings. The van der Waals surface area contributed by atoms with E-state index in [4.69, 9.17) is 10.2 Å². The molecular formula is C10H20N2O4. The Bertz CT molecular complexity index is 253. The van der Waals surface area contributed by atoms with Crippen LogP contribution < -0.4 is 10.6 Å². The fraction of sp³-hybridized carbons (Fsp3) is 0.800. The highest BCUT2D eigenvalue weighted by Crippen LogP contribution is 2.10. The number of aliphatic hydroxyl groups is 1. The van der Waals surface area contributed by atoms with Gasteiger partial charge in [-0.25, -0.2) is 9.59 Å². The van der Waals surface area contributed by atoms with Crippen molar-refractivity contribution >= 4 is 12.0 Å². The van der Waals surface area contributed by atoms with Crippen molar-refractivity contribution in [3.63, 3.8) is 0 Å². The van der Waals surface area contributed by atoms with Crippen LogP contribution in [0.3, 0.4) is 0 Å². The number of carbonyl (C=O) groups excluding carboxylic acids is 1. The van der Waals surface area contributed by atoms with E-state index in [0.717, 1.165) is 12.8 Å². The molecule has 2 amide bonds. The summed E-state index contributed by atoms with van der Waals surface area (Å²) in [6.07, 6.45) is 1.70. The van der Waals surface area contributed by atoms with Crippen LogP contribution in [0.5, 0.6) is 0 Å². The molecule has 0 aliphatic heterocycles. The van der Waals surface area contributed by atoms with Crippen LogP contribution in [0.25, 0.3) is 0 Å². The first-order valence-corrected chi connectivity index (χ1v) is 5.24. The number of rotatable bonds is 6. The van der Waals surface area contributed by atoms with Gasteiger partial charge in [0, 0.05) is 5.54 Å². The topological polar surface area (TPSA) is 98.7 Å². The monoisotopic (exact) mass is 232 g/mol. The maximum absolute atomic E-state index is 11.4. The van der Waals surface area contributed by atoms with Gasteiger partial charge in [-0.05, 0) is 20.3 Å². The lowest BCUT2D eigenvalue weighted by Crippen LogP contribution is -2.53. The Morgan fingerprint density at radius 1 is 1.38 bits per heavy atom. The highest BCUT2D eigenvalue weighted by atomic mass is 16.4. The molecule has 0 saturated carbocycles. The molecule has 0 heterocycles. The number of aliphatic hydroxyl groups excluding tert-OH is 1. The summed E-state index contributed by atoms with van der Waals surface area (Å²) in [5.41, 5.74) is -0.392. The summed E-state index contributed by atoms with van der Waals surface area (Å²) in [6, 6.07) is -1.85. The van der Waals surface area contributed by atoms with E-state index in [-0.39, 0.29) is 0 Å². The van der Waals surface area contributed by atoms with Crippen molar-refractivity contribution in [3.05, 3.63) is 0 Å². The largest absolute Gasteiger partial charge is 0.480 e. The molecule has 1 atom stereocenters. The smallest absolute Gasteiger partial charge is 0.328 e. The number of aliphatic carboxylic acids is 1. The van der Waals surface area contributed by atoms with Gasteiger partial charge in [-0.2, -0.15) is 0 Å². The van der Waals surface area contributed by atoms with Crippen molar-refractivity contribution in [1.82, 2.24) is 10.6 Å². The van der Waals surface area contributed by atoms with E-state index in [1.54, 1.807) is 0 Å². The van der Waals surface area contributed by atoms with E-state index in [2.05, 4.69) is 10.6 Å². The van der Waals surface area contributed by atoms with E-state index in [0.29, 0.717) is 0 Å². The van der Waals surface area contributed by atoms with Gasteiger partial charge in [0.2, 0.25) is 0 Å². The molecule has 0 saturated heterocycles. The van der Waals surface area contributed by atoms with Crippen LogP contribution in [0.4, 0.5) is 4.79 Å². The fourth-order valence-electron chi connectivity index (χ4n) is 1.37. The standard InChI is InChI=1S/C10H20N2O4/c1-4-5-10(2,3)12-9(16)11-7(6-13)8(14)15/h7,13H,4-6H2,1-3H3,(H,14,15)(H2,11,12,16)/t7-/m1/s1. The summed E-state index contributed by atoms with van der Waals surface area (Å²) in [5.74, 6) is -1.26. The Morgan fingerprint density at radius 2 is 1.94 bits per heavy atom. The molecule has 0 aromatic carbocycles. The highest BCUT2D eigenvalue weighted by Gasteiger charge is 2.23. The SMILES string of the molecule is CCCC(C)(C)NC(=O)N[C@H](CO)C(=O)O. The third-order valence-electron chi connectivity index (χ3n) is 2.11. The van der Waals surface area contributed by atoms with E-state index in [9.17, 15) is 9.59 Å². The van der Waals surface area contributed by atoms with Crippen LogP contribution in [-0.2, 0) is 4.79 Å². The van der Waals surface area contributed by atoms with Gasteiger partial charge < -0.3 is 20.8 Å². The molecule has 0 unspecified atom stereocenters. The lowest BCUT2D eigenvalue weighted by Gasteiger charge is -2.26. The van der Waals surface area contributed by atoms with Gasteiger partial charge >= 0.3 is 12.0 Å². The van der Waals surface area contributed by atoms with Gasteiger partial charge in [0.1, 0.15) is 0 Å². The second-order valence-corrected chi connectivity index (χ2v) is 4.31. The van der Waals surface area contributed by atoms with Crippen molar-refractivity contribution in [2.75, 3.05) is 6.61 Å². The van der Waals surface area contributed by atoms with Crippen LogP contribution in [0, 0.1) is 0 Å². The number of amides is 2. The quantitative estimate of drug-likeness (QED) is 0.529. The number of hydrogen-bond acceptors (Lipinski definition) is 3. The maximum atomic E-state index is 11.4. The summed E-state index contributed by atoms with van der Waals surface area (Å²) < 4.78 is 0. The first kappa shape index (κ1) is 14.7. The van der Waals surface area contributed by atoms with Crippen molar-refractivity contribution in [2.24, 2.45) is 0 Å². The second-order valence-electron chi connectivity index (χ2n) is 4.31. The molecule has 16 heavy (non-hydrogen) atoms.